The molecule has 0 aliphatic rings. The number of aliphatic hydroxyl groups excluding tert-OH is 1. The number of ether oxygens (including phenoxy) is 1. The van der Waals surface area contributed by atoms with Crippen molar-refractivity contribution in [1.29, 1.82) is 0 Å². The fourth-order valence-corrected chi connectivity index (χ4v) is 1.28. The van der Waals surface area contributed by atoms with Gasteiger partial charge >= 0.3 is 0 Å². The van der Waals surface area contributed by atoms with Gasteiger partial charge in [-0.25, -0.2) is 0 Å². The van der Waals surface area contributed by atoms with Crippen LogP contribution in [0.2, 0.25) is 0 Å². The Bertz CT molecular complexity index is 301. The number of hydrogen-bond donors (Lipinski definition) is 3. The first kappa shape index (κ1) is 10.8. The molecule has 0 aromatic heterocycles. The highest BCUT2D eigenvalue weighted by Crippen LogP contribution is 2.28. The van der Waals surface area contributed by atoms with Gasteiger partial charge in [0.25, 0.3) is 0 Å². The van der Waals surface area contributed by atoms with Crippen LogP contribution in [0.3, 0.4) is 0 Å². The molecule has 3 N–H and O–H groups in total. The fourth-order valence-electron chi connectivity index (χ4n) is 1.28. The molecule has 0 amide bonds. The molecule has 78 valence electrons. The molecule has 0 aliphatic heterocycles. The Morgan fingerprint density at radius 1 is 1.50 bits per heavy atom. The molecular weight excluding hydrogens is 182 g/mol. The van der Waals surface area contributed by atoms with Crippen molar-refractivity contribution in [2.24, 2.45) is 0 Å². The van der Waals surface area contributed by atoms with E-state index in [0.29, 0.717) is 17.9 Å². The van der Waals surface area contributed by atoms with E-state index in [9.17, 15) is 10.2 Å². The quantitative estimate of drug-likeness (QED) is 0.663. The maximum Gasteiger partial charge on any atom is 0.128 e. The third-order valence-electron chi connectivity index (χ3n) is 1.97. The van der Waals surface area contributed by atoms with Gasteiger partial charge in [0.05, 0.1) is 13.2 Å². The Kier molecular flexibility index (Phi) is 3.73. The number of aromatic hydroxyl groups is 1. The first-order valence-electron chi connectivity index (χ1n) is 4.38. The molecule has 0 radical (unpaired) electrons. The fraction of sp³-hybridized carbons (Fsp3) is 0.400. The number of benzene rings is 1. The van der Waals surface area contributed by atoms with E-state index in [4.69, 9.17) is 4.74 Å². The zero-order chi connectivity index (χ0) is 10.6. The van der Waals surface area contributed by atoms with Crippen molar-refractivity contribution in [1.82, 2.24) is 5.32 Å². The van der Waals surface area contributed by atoms with Crippen LogP contribution in [0.1, 0.15) is 11.7 Å². The van der Waals surface area contributed by atoms with Crippen molar-refractivity contribution < 1.29 is 14.9 Å². The molecule has 4 heteroatoms. The smallest absolute Gasteiger partial charge is 0.128 e. The molecule has 1 atom stereocenters. The van der Waals surface area contributed by atoms with Gasteiger partial charge in [0, 0.05) is 18.2 Å². The molecule has 0 saturated carbocycles. The second-order valence-corrected chi connectivity index (χ2v) is 3.00. The summed E-state index contributed by atoms with van der Waals surface area (Å²) >= 11 is 0. The van der Waals surface area contributed by atoms with Crippen LogP contribution in [-0.2, 0) is 0 Å². The predicted molar refractivity (Wildman–Crippen MR) is 53.5 cm³/mol. The van der Waals surface area contributed by atoms with Crippen molar-refractivity contribution in [2.45, 2.75) is 6.10 Å². The number of likely N-dealkylation sites (N-methyl/N-ethyl adjacent to an activating group) is 1. The van der Waals surface area contributed by atoms with Crippen LogP contribution in [0.4, 0.5) is 0 Å². The van der Waals surface area contributed by atoms with Crippen LogP contribution in [0.25, 0.3) is 0 Å². The number of phenolic OH excluding ortho intramolecular Hbond substituents is 1. The predicted octanol–water partition coefficient (Wildman–Crippen LogP) is 0.654. The van der Waals surface area contributed by atoms with Gasteiger partial charge in [-0.05, 0) is 19.2 Å². The zero-order valence-corrected chi connectivity index (χ0v) is 8.32. The van der Waals surface area contributed by atoms with E-state index in [1.54, 1.807) is 13.1 Å². The lowest BCUT2D eigenvalue weighted by atomic mass is 10.1. The second-order valence-electron chi connectivity index (χ2n) is 3.00. The standard InChI is InChI=1S/C10H15NO3/c1-11-6-9(13)8-4-3-7(12)5-10(8)14-2/h3-5,9,11-13H,6H2,1-2H3. The summed E-state index contributed by atoms with van der Waals surface area (Å²) in [5, 5.41) is 21.8. The van der Waals surface area contributed by atoms with E-state index in [2.05, 4.69) is 5.32 Å². The second kappa shape index (κ2) is 4.83. The van der Waals surface area contributed by atoms with E-state index in [1.807, 2.05) is 0 Å². The first-order valence-corrected chi connectivity index (χ1v) is 4.38. The zero-order valence-electron chi connectivity index (χ0n) is 8.32. The molecule has 1 aromatic carbocycles. The number of nitrogens with one attached hydrogen (secondary N) is 1. The largest absolute Gasteiger partial charge is 0.508 e. The number of phenols is 1. The van der Waals surface area contributed by atoms with Gasteiger partial charge in [0.2, 0.25) is 0 Å². The molecule has 0 heterocycles. The van der Waals surface area contributed by atoms with Crippen LogP contribution in [0.5, 0.6) is 11.5 Å². The summed E-state index contributed by atoms with van der Waals surface area (Å²) in [5.41, 5.74) is 0.666. The topological polar surface area (TPSA) is 61.7 Å². The van der Waals surface area contributed by atoms with Crippen molar-refractivity contribution in [3.8, 4) is 11.5 Å². The summed E-state index contributed by atoms with van der Waals surface area (Å²) in [6.45, 7) is 0.446. The Morgan fingerprint density at radius 3 is 2.79 bits per heavy atom. The van der Waals surface area contributed by atoms with Gasteiger partial charge in [-0.15, -0.1) is 0 Å². The molecular formula is C10H15NO3. The van der Waals surface area contributed by atoms with Crippen LogP contribution in [0, 0.1) is 0 Å². The average molecular weight is 197 g/mol. The van der Waals surface area contributed by atoms with Gasteiger partial charge in [-0.2, -0.15) is 0 Å². The molecule has 1 aromatic rings. The van der Waals surface area contributed by atoms with Gasteiger partial charge in [0.15, 0.2) is 0 Å². The van der Waals surface area contributed by atoms with Crippen LogP contribution in [0.15, 0.2) is 18.2 Å². The van der Waals surface area contributed by atoms with Crippen LogP contribution >= 0.6 is 0 Å². The Labute approximate surface area is 83.1 Å². The normalized spacial score (nSPS) is 12.5. The number of rotatable bonds is 4. The summed E-state index contributed by atoms with van der Waals surface area (Å²) in [4.78, 5) is 0. The van der Waals surface area contributed by atoms with E-state index in [1.165, 1.54) is 19.2 Å². The summed E-state index contributed by atoms with van der Waals surface area (Å²) < 4.78 is 5.05. The van der Waals surface area contributed by atoms with E-state index in [-0.39, 0.29) is 5.75 Å². The highest BCUT2D eigenvalue weighted by molar-refractivity contribution is 5.41. The van der Waals surface area contributed by atoms with Gasteiger partial charge < -0.3 is 20.3 Å². The lowest BCUT2D eigenvalue weighted by molar-refractivity contribution is 0.173. The monoisotopic (exact) mass is 197 g/mol. The Balaban J connectivity index is 2.95. The number of methoxy groups -OCH3 is 1. The first-order chi connectivity index (χ1) is 6.69. The van der Waals surface area contributed by atoms with Crippen LogP contribution in [-0.4, -0.2) is 30.9 Å². The lowest BCUT2D eigenvalue weighted by Gasteiger charge is -2.14. The molecule has 4 nitrogen and oxygen atoms in total. The third kappa shape index (κ3) is 2.37. The minimum Gasteiger partial charge on any atom is -0.508 e. The van der Waals surface area contributed by atoms with Crippen molar-refractivity contribution in [3.05, 3.63) is 23.8 Å². The lowest BCUT2D eigenvalue weighted by Crippen LogP contribution is -2.17. The number of hydrogen-bond acceptors (Lipinski definition) is 4. The van der Waals surface area contributed by atoms with E-state index >= 15 is 0 Å². The summed E-state index contributed by atoms with van der Waals surface area (Å²) in [7, 11) is 3.26. The summed E-state index contributed by atoms with van der Waals surface area (Å²) in [6.07, 6.45) is -0.629. The molecule has 0 saturated heterocycles. The maximum absolute atomic E-state index is 9.70. The minimum absolute atomic E-state index is 0.127. The van der Waals surface area contributed by atoms with Gasteiger partial charge in [-0.1, -0.05) is 0 Å². The average Bonchev–Trinajstić information content (AvgIpc) is 2.17. The Morgan fingerprint density at radius 2 is 2.21 bits per heavy atom. The Hall–Kier alpha value is -1.26. The van der Waals surface area contributed by atoms with E-state index < -0.39 is 6.10 Å². The highest BCUT2D eigenvalue weighted by atomic mass is 16.5. The molecule has 0 aliphatic carbocycles. The van der Waals surface area contributed by atoms with Crippen molar-refractivity contribution in [2.75, 3.05) is 20.7 Å². The molecule has 1 rings (SSSR count). The summed E-state index contributed by atoms with van der Waals surface area (Å²) in [5.74, 6) is 0.620. The third-order valence-corrected chi connectivity index (χ3v) is 1.97. The van der Waals surface area contributed by atoms with Crippen LogP contribution < -0.4 is 10.1 Å². The van der Waals surface area contributed by atoms with Crippen molar-refractivity contribution in [3.63, 3.8) is 0 Å². The highest BCUT2D eigenvalue weighted by Gasteiger charge is 2.12. The van der Waals surface area contributed by atoms with Crippen molar-refractivity contribution >= 4 is 0 Å². The maximum atomic E-state index is 9.70. The van der Waals surface area contributed by atoms with E-state index in [0.717, 1.165) is 0 Å². The van der Waals surface area contributed by atoms with Gasteiger partial charge in [-0.3, -0.25) is 0 Å². The SMILES string of the molecule is CNCC(O)c1ccc(O)cc1OC. The summed E-state index contributed by atoms with van der Waals surface area (Å²) in [6, 6.07) is 4.65. The molecule has 1 unspecified atom stereocenters. The minimum atomic E-state index is -0.629. The van der Waals surface area contributed by atoms with Gasteiger partial charge in [0.1, 0.15) is 11.5 Å². The molecule has 0 bridgehead atoms. The number of aliphatic hydroxyl groups is 1. The molecule has 0 spiro atoms. The molecule has 14 heavy (non-hydrogen) atoms. The molecule has 0 fully saturated rings.